The number of aromatic nitrogens is 2. The number of hydrogen-bond donors (Lipinski definition) is 8. The molecule has 0 spiro atoms. The molecule has 0 unspecified atom stereocenters. The highest BCUT2D eigenvalue weighted by Crippen LogP contribution is 2.33. The Kier molecular flexibility index (Phi) is 21.6. The van der Waals surface area contributed by atoms with E-state index in [-0.39, 0.29) is 53.3 Å². The molecule has 6 amide bonds. The molecule has 2 aromatic heterocycles. The number of anilines is 2. The number of nitrogens with zero attached hydrogens (tertiary/aromatic N) is 4. The zero-order chi connectivity index (χ0) is 54.7. The van der Waals surface area contributed by atoms with Crippen molar-refractivity contribution in [2.24, 2.45) is 11.5 Å². The number of nitrogens with one attached hydrogen (secondary N) is 3. The van der Waals surface area contributed by atoms with Crippen LogP contribution in [0.15, 0.2) is 128 Å². The van der Waals surface area contributed by atoms with Crippen LogP contribution >= 0.6 is 0 Å². The van der Waals surface area contributed by atoms with E-state index in [4.69, 9.17) is 16.2 Å². The van der Waals surface area contributed by atoms with Crippen molar-refractivity contribution in [2.75, 3.05) is 30.3 Å². The second-order valence-electron chi connectivity index (χ2n) is 19.1. The number of rotatable bonds is 8. The zero-order valence-electron chi connectivity index (χ0n) is 42.5. The lowest BCUT2D eigenvalue weighted by Crippen LogP contribution is -2.48. The Morgan fingerprint density at radius 2 is 1.01 bits per heavy atom. The molecule has 0 saturated carbocycles. The van der Waals surface area contributed by atoms with Crippen LogP contribution in [0.5, 0.6) is 0 Å². The summed E-state index contributed by atoms with van der Waals surface area (Å²) in [6.07, 6.45) is 8.02. The number of hydrogen-bond acceptors (Lipinski definition) is 14. The monoisotopic (exact) mass is 1030 g/mol. The normalized spacial score (nSPS) is 20.1. The number of primary amides is 2. The van der Waals surface area contributed by atoms with Gasteiger partial charge in [-0.3, -0.25) is 43.6 Å². The van der Waals surface area contributed by atoms with Crippen LogP contribution in [0.4, 0.5) is 16.2 Å². The summed E-state index contributed by atoms with van der Waals surface area (Å²) in [4.78, 5) is 91.7. The number of nitrogens with two attached hydrogens (primary N) is 2. The first-order valence-corrected chi connectivity index (χ1v) is 24.5. The minimum absolute atomic E-state index is 0.0190. The molecule has 398 valence electrons. The topological polar surface area (TPSA) is 310 Å². The van der Waals surface area contributed by atoms with E-state index in [1.54, 1.807) is 4.90 Å². The molecule has 3 saturated heterocycles. The molecule has 3 aliphatic rings. The second kappa shape index (κ2) is 28.0. The summed E-state index contributed by atoms with van der Waals surface area (Å²) in [6.45, 7) is 7.81. The standard InChI is InChI=1S/C19H20N4O4.C16H23NO3.C11H15NO.C9H9N3O3/c20-17(25)13-8-14(10-21-9-13)22-18(26)19(27)23-11-15(24)6-7-16(23)12-4-2-1-3-5-12;1-16(2,3)20-15(19)17-11-13(18)9-10-14(17)12-7-5-4-6-8-12;13-10-6-7-11(12-8-10)9-4-2-1-3-5-9;1-5(13)9(15)12-7-2-6(8(10)14)3-11-4-7/h1-5,8-10,15-16,24H,6-7,11H2,(H2,20,25)(H,22,26);4-8,13-14,18H,9-11H2,1-3H3;1-5,10-13H,6-8H2;2-4H,1H3,(H2,10,14)(H,12,15)/t15-,16+;13-,14+;10-,11+;/m010./s1. The number of ether oxygens (including phenoxy) is 1. The van der Waals surface area contributed by atoms with Gasteiger partial charge in [0.25, 0.3) is 5.91 Å². The number of aliphatic hydroxyl groups excluding tert-OH is 3. The Labute approximate surface area is 435 Å². The fraction of sp³-hybridized carbons (Fsp3) is 0.364. The van der Waals surface area contributed by atoms with Gasteiger partial charge < -0.3 is 52.4 Å². The molecule has 5 heterocycles. The molecule has 3 fully saturated rings. The third-order valence-corrected chi connectivity index (χ3v) is 12.0. The van der Waals surface area contributed by atoms with Crippen LogP contribution < -0.4 is 27.4 Å². The molecule has 75 heavy (non-hydrogen) atoms. The highest BCUT2D eigenvalue weighted by atomic mass is 16.6. The summed E-state index contributed by atoms with van der Waals surface area (Å²) in [5.41, 5.74) is 13.7. The number of piperidine rings is 3. The summed E-state index contributed by atoms with van der Waals surface area (Å²) in [6, 6.07) is 32.5. The van der Waals surface area contributed by atoms with Crippen molar-refractivity contribution in [3.05, 3.63) is 156 Å². The number of carbonyl (C=O) groups excluding carboxylic acids is 7. The number of Topliss-reactive ketones (excluding diaryl/α,β-unsaturated/α-hetero) is 1. The predicted molar refractivity (Wildman–Crippen MR) is 279 cm³/mol. The van der Waals surface area contributed by atoms with Crippen LogP contribution in [0.2, 0.25) is 0 Å². The van der Waals surface area contributed by atoms with Crippen molar-refractivity contribution in [1.82, 2.24) is 25.1 Å². The largest absolute Gasteiger partial charge is 0.444 e. The van der Waals surface area contributed by atoms with Crippen LogP contribution in [0.3, 0.4) is 0 Å². The first kappa shape index (κ1) is 58.0. The smallest absolute Gasteiger partial charge is 0.410 e. The van der Waals surface area contributed by atoms with Gasteiger partial charge in [-0.15, -0.1) is 0 Å². The Morgan fingerprint density at radius 3 is 1.44 bits per heavy atom. The molecule has 3 aliphatic heterocycles. The maximum Gasteiger partial charge on any atom is 0.410 e. The molecule has 0 radical (unpaired) electrons. The Balaban J connectivity index is 0.000000192. The van der Waals surface area contributed by atoms with Crippen molar-refractivity contribution >= 4 is 52.8 Å². The summed E-state index contributed by atoms with van der Waals surface area (Å²) >= 11 is 0. The fourth-order valence-electron chi connectivity index (χ4n) is 8.33. The Bertz CT molecular complexity index is 2700. The van der Waals surface area contributed by atoms with Crippen LogP contribution in [-0.2, 0) is 23.9 Å². The lowest BCUT2D eigenvalue weighted by molar-refractivity contribution is -0.147. The van der Waals surface area contributed by atoms with Gasteiger partial charge in [-0.2, -0.15) is 0 Å². The highest BCUT2D eigenvalue weighted by molar-refractivity contribution is 6.40. The van der Waals surface area contributed by atoms with E-state index in [1.165, 1.54) is 47.4 Å². The molecule has 6 atom stereocenters. The fourth-order valence-corrected chi connectivity index (χ4v) is 8.33. The lowest BCUT2D eigenvalue weighted by Gasteiger charge is -2.38. The molecule has 20 heteroatoms. The van der Waals surface area contributed by atoms with Crippen molar-refractivity contribution in [3.63, 3.8) is 0 Å². The minimum Gasteiger partial charge on any atom is -0.444 e. The highest BCUT2D eigenvalue weighted by Gasteiger charge is 2.36. The Hall–Kier alpha value is -7.91. The van der Waals surface area contributed by atoms with Gasteiger partial charge in [-0.05, 0) is 88.1 Å². The number of likely N-dealkylation sites (tertiary alicyclic amines) is 2. The number of pyridine rings is 2. The third kappa shape index (κ3) is 18.5. The van der Waals surface area contributed by atoms with Crippen molar-refractivity contribution in [2.45, 2.75) is 108 Å². The van der Waals surface area contributed by atoms with Gasteiger partial charge in [-0.1, -0.05) is 91.0 Å². The zero-order valence-corrected chi connectivity index (χ0v) is 42.5. The van der Waals surface area contributed by atoms with E-state index in [9.17, 15) is 48.9 Å². The van der Waals surface area contributed by atoms with Gasteiger partial charge in [0.1, 0.15) is 5.60 Å². The van der Waals surface area contributed by atoms with Crippen LogP contribution in [0.25, 0.3) is 0 Å². The summed E-state index contributed by atoms with van der Waals surface area (Å²) in [5.74, 6) is -4.35. The number of amides is 6. The van der Waals surface area contributed by atoms with E-state index >= 15 is 0 Å². The summed E-state index contributed by atoms with van der Waals surface area (Å²) in [7, 11) is 0. The quantitative estimate of drug-likeness (QED) is 0.0934. The van der Waals surface area contributed by atoms with Crippen molar-refractivity contribution < 1.29 is 53.6 Å². The molecule has 10 N–H and O–H groups in total. The predicted octanol–water partition coefficient (Wildman–Crippen LogP) is 5.14. The number of benzene rings is 3. The van der Waals surface area contributed by atoms with E-state index in [2.05, 4.69) is 50.2 Å². The van der Waals surface area contributed by atoms with Crippen molar-refractivity contribution in [3.8, 4) is 0 Å². The lowest BCUT2D eigenvalue weighted by atomic mass is 9.94. The van der Waals surface area contributed by atoms with Gasteiger partial charge in [0.05, 0.1) is 71.8 Å². The average Bonchev–Trinajstić information content (AvgIpc) is 3.39. The molecule has 0 aliphatic carbocycles. The molecular weight excluding hydrogens is 963 g/mol. The van der Waals surface area contributed by atoms with Gasteiger partial charge in [0, 0.05) is 38.4 Å². The van der Waals surface area contributed by atoms with Crippen molar-refractivity contribution in [1.29, 1.82) is 0 Å². The van der Waals surface area contributed by atoms with Gasteiger partial charge in [0.15, 0.2) is 0 Å². The number of β-amino-alcohol motifs (C(OH)–C–C–N with tert-alkyl or cyclic N) is 3. The first-order chi connectivity index (χ1) is 35.7. The maximum atomic E-state index is 12.7. The number of aliphatic hydroxyl groups is 3. The SMILES string of the molecule is CC(=O)C(=O)Nc1cncc(C(N)=O)c1.CC(C)(C)OC(=O)N1C[C@H](O)CC[C@H]1c1ccccc1.NC(=O)c1cncc(NC(=O)C(=O)N2C[C@@H](O)CC[C@@H]2c2ccccc2)c1.O[C@H]1CC[C@H](c2ccccc2)NC1. The van der Waals surface area contributed by atoms with Crippen LogP contribution in [0, 0.1) is 0 Å². The number of ketones is 1. The van der Waals surface area contributed by atoms with Gasteiger partial charge >= 0.3 is 17.9 Å². The third-order valence-electron chi connectivity index (χ3n) is 12.0. The summed E-state index contributed by atoms with van der Waals surface area (Å²) in [5, 5.41) is 37.2. The summed E-state index contributed by atoms with van der Waals surface area (Å²) < 4.78 is 5.45. The molecule has 0 bridgehead atoms. The van der Waals surface area contributed by atoms with E-state index < -0.39 is 53.1 Å². The Morgan fingerprint density at radius 1 is 0.587 bits per heavy atom. The maximum absolute atomic E-state index is 12.7. The van der Waals surface area contributed by atoms with Crippen LogP contribution in [-0.4, -0.2) is 120 Å². The molecule has 20 nitrogen and oxygen atoms in total. The van der Waals surface area contributed by atoms with Gasteiger partial charge in [-0.25, -0.2) is 4.79 Å². The molecule has 5 aromatic rings. The van der Waals surface area contributed by atoms with Crippen LogP contribution in [0.1, 0.15) is 122 Å². The van der Waals surface area contributed by atoms with E-state index in [0.717, 1.165) is 43.9 Å². The molecular formula is C55H67N9O11. The van der Waals surface area contributed by atoms with E-state index in [0.29, 0.717) is 31.8 Å². The van der Waals surface area contributed by atoms with Gasteiger partial charge in [0.2, 0.25) is 17.6 Å². The molecule has 3 aromatic carbocycles. The first-order valence-electron chi connectivity index (χ1n) is 24.5. The average molecular weight is 1030 g/mol. The second-order valence-corrected chi connectivity index (χ2v) is 19.1. The number of carbonyl (C=O) groups is 7. The van der Waals surface area contributed by atoms with E-state index in [1.807, 2.05) is 87.5 Å². The minimum atomic E-state index is -0.867. The molecule has 8 rings (SSSR count).